The summed E-state index contributed by atoms with van der Waals surface area (Å²) < 4.78 is 2.02. The van der Waals surface area contributed by atoms with Crippen LogP contribution >= 0.6 is 0 Å². The highest BCUT2D eigenvalue weighted by Gasteiger charge is 2.33. The molecule has 2 aromatic rings. The summed E-state index contributed by atoms with van der Waals surface area (Å²) in [6.45, 7) is 5.65. The lowest BCUT2D eigenvalue weighted by Crippen LogP contribution is -2.44. The monoisotopic (exact) mass is 313 g/mol. The van der Waals surface area contributed by atoms with Crippen molar-refractivity contribution < 1.29 is 5.11 Å². The third-order valence-corrected chi connectivity index (χ3v) is 5.00. The maximum Gasteiger partial charge on any atom is 0.0991 e. The van der Waals surface area contributed by atoms with Gasteiger partial charge in [-0.1, -0.05) is 25.5 Å². The van der Waals surface area contributed by atoms with E-state index in [1.807, 2.05) is 17.1 Å². The number of aliphatic hydroxyl groups excluding tert-OH is 1. The highest BCUT2D eigenvalue weighted by Crippen LogP contribution is 2.34. The van der Waals surface area contributed by atoms with Crippen LogP contribution in [0.3, 0.4) is 0 Å². The van der Waals surface area contributed by atoms with E-state index >= 15 is 0 Å². The van der Waals surface area contributed by atoms with Crippen LogP contribution in [0.25, 0.3) is 5.69 Å². The second-order valence-electron chi connectivity index (χ2n) is 6.86. The number of imidazole rings is 1. The fraction of sp³-hybridized carbons (Fsp3) is 0.526. The summed E-state index contributed by atoms with van der Waals surface area (Å²) in [5.41, 5.74) is 2.59. The molecule has 0 saturated carbocycles. The molecule has 1 atom stereocenters. The van der Waals surface area contributed by atoms with Crippen molar-refractivity contribution in [3.8, 4) is 5.69 Å². The number of aromatic nitrogens is 2. The molecular weight excluding hydrogens is 286 g/mol. The van der Waals surface area contributed by atoms with Crippen LogP contribution in [0.2, 0.25) is 0 Å². The molecule has 1 aromatic heterocycles. The highest BCUT2D eigenvalue weighted by atomic mass is 16.3. The molecule has 4 nitrogen and oxygen atoms in total. The van der Waals surface area contributed by atoms with Crippen molar-refractivity contribution >= 4 is 0 Å². The molecule has 4 heteroatoms. The SMILES string of the molecule is CCCC1(CO)CCCN(Cc2ccc(-n3ccnc3)cc2)C1. The van der Waals surface area contributed by atoms with Crippen molar-refractivity contribution in [1.82, 2.24) is 14.5 Å². The number of aliphatic hydroxyl groups is 1. The van der Waals surface area contributed by atoms with Crippen molar-refractivity contribution in [3.05, 3.63) is 48.5 Å². The maximum atomic E-state index is 9.86. The quantitative estimate of drug-likeness (QED) is 0.890. The molecule has 0 spiro atoms. The van der Waals surface area contributed by atoms with E-state index in [2.05, 4.69) is 41.1 Å². The zero-order chi connectivity index (χ0) is 16.1. The summed E-state index contributed by atoms with van der Waals surface area (Å²) in [5.74, 6) is 0. The van der Waals surface area contributed by atoms with E-state index in [1.54, 1.807) is 6.20 Å². The van der Waals surface area contributed by atoms with E-state index in [9.17, 15) is 5.11 Å². The predicted octanol–water partition coefficient (Wildman–Crippen LogP) is 3.25. The highest BCUT2D eigenvalue weighted by molar-refractivity contribution is 5.34. The van der Waals surface area contributed by atoms with Gasteiger partial charge in [0.1, 0.15) is 0 Å². The molecule has 23 heavy (non-hydrogen) atoms. The van der Waals surface area contributed by atoms with Crippen LogP contribution in [0.5, 0.6) is 0 Å². The summed E-state index contributed by atoms with van der Waals surface area (Å²) in [6, 6.07) is 8.69. The van der Waals surface area contributed by atoms with Gasteiger partial charge in [0.2, 0.25) is 0 Å². The molecular formula is C19H27N3O. The van der Waals surface area contributed by atoms with Crippen LogP contribution in [-0.4, -0.2) is 39.3 Å². The molecule has 1 fully saturated rings. The standard InChI is InChI=1S/C19H27N3O/c1-2-8-19(15-23)9-3-11-21(14-19)13-17-4-6-18(7-5-17)22-12-10-20-16-22/h4-7,10,12,16,23H,2-3,8-9,11,13-15H2,1H3. The van der Waals surface area contributed by atoms with Crippen LogP contribution < -0.4 is 0 Å². The molecule has 0 amide bonds. The third kappa shape index (κ3) is 3.82. The fourth-order valence-electron chi connectivity index (χ4n) is 3.83. The van der Waals surface area contributed by atoms with E-state index in [4.69, 9.17) is 0 Å². The van der Waals surface area contributed by atoms with Crippen molar-refractivity contribution in [2.24, 2.45) is 5.41 Å². The summed E-state index contributed by atoms with van der Waals surface area (Å²) in [7, 11) is 0. The van der Waals surface area contributed by atoms with Gasteiger partial charge in [-0.3, -0.25) is 4.90 Å². The van der Waals surface area contributed by atoms with Crippen LogP contribution in [0.15, 0.2) is 43.0 Å². The van der Waals surface area contributed by atoms with Gasteiger partial charge in [-0.05, 0) is 43.5 Å². The van der Waals surface area contributed by atoms with E-state index in [0.717, 1.165) is 44.6 Å². The molecule has 1 aliphatic rings. The Morgan fingerprint density at radius 1 is 1.26 bits per heavy atom. The molecule has 1 unspecified atom stereocenters. The number of piperidine rings is 1. The van der Waals surface area contributed by atoms with E-state index < -0.39 is 0 Å². The van der Waals surface area contributed by atoms with Gasteiger partial charge in [0.05, 0.1) is 6.33 Å². The summed E-state index contributed by atoms with van der Waals surface area (Å²) in [6.07, 6.45) is 10.2. The predicted molar refractivity (Wildman–Crippen MR) is 92.5 cm³/mol. The second kappa shape index (κ2) is 7.28. The van der Waals surface area contributed by atoms with E-state index in [0.29, 0.717) is 6.61 Å². The maximum absolute atomic E-state index is 9.86. The molecule has 0 aliphatic carbocycles. The minimum Gasteiger partial charge on any atom is -0.396 e. The summed E-state index contributed by atoms with van der Waals surface area (Å²) in [4.78, 5) is 6.59. The molecule has 1 N–H and O–H groups in total. The molecule has 3 rings (SSSR count). The molecule has 1 saturated heterocycles. The summed E-state index contributed by atoms with van der Waals surface area (Å²) >= 11 is 0. The number of hydrogen-bond donors (Lipinski definition) is 1. The lowest BCUT2D eigenvalue weighted by molar-refractivity contribution is 0.0216. The van der Waals surface area contributed by atoms with E-state index in [-0.39, 0.29) is 5.41 Å². The zero-order valence-corrected chi connectivity index (χ0v) is 14.0. The molecule has 0 radical (unpaired) electrons. The van der Waals surface area contributed by atoms with Gasteiger partial charge in [0.25, 0.3) is 0 Å². The first-order valence-electron chi connectivity index (χ1n) is 8.65. The Hall–Kier alpha value is -1.65. The van der Waals surface area contributed by atoms with Crippen LogP contribution in [0, 0.1) is 5.41 Å². The van der Waals surface area contributed by atoms with Gasteiger partial charge in [-0.25, -0.2) is 4.98 Å². The zero-order valence-electron chi connectivity index (χ0n) is 14.0. The smallest absolute Gasteiger partial charge is 0.0991 e. The van der Waals surface area contributed by atoms with Crippen molar-refractivity contribution in [1.29, 1.82) is 0 Å². The van der Waals surface area contributed by atoms with Crippen LogP contribution in [0.4, 0.5) is 0 Å². The van der Waals surface area contributed by atoms with Crippen molar-refractivity contribution in [2.75, 3.05) is 19.7 Å². The van der Waals surface area contributed by atoms with Gasteiger partial charge in [-0.2, -0.15) is 0 Å². The number of benzene rings is 1. The van der Waals surface area contributed by atoms with E-state index in [1.165, 1.54) is 12.0 Å². The van der Waals surface area contributed by atoms with Gasteiger partial charge < -0.3 is 9.67 Å². The molecule has 2 heterocycles. The van der Waals surface area contributed by atoms with Crippen molar-refractivity contribution in [3.63, 3.8) is 0 Å². The Bertz CT molecular complexity index is 590. The Labute approximate surface area is 138 Å². The number of rotatable bonds is 6. The number of likely N-dealkylation sites (tertiary alicyclic amines) is 1. The first-order chi connectivity index (χ1) is 11.2. The number of hydrogen-bond acceptors (Lipinski definition) is 3. The molecule has 0 bridgehead atoms. The molecule has 1 aromatic carbocycles. The van der Waals surface area contributed by atoms with Crippen LogP contribution in [-0.2, 0) is 6.54 Å². The fourth-order valence-corrected chi connectivity index (χ4v) is 3.83. The van der Waals surface area contributed by atoms with Gasteiger partial charge in [0, 0.05) is 43.2 Å². The first-order valence-corrected chi connectivity index (χ1v) is 8.65. The topological polar surface area (TPSA) is 41.3 Å². The average molecular weight is 313 g/mol. The Morgan fingerprint density at radius 2 is 2.09 bits per heavy atom. The second-order valence-corrected chi connectivity index (χ2v) is 6.86. The molecule has 1 aliphatic heterocycles. The minimum absolute atomic E-state index is 0.115. The Kier molecular flexibility index (Phi) is 5.13. The van der Waals surface area contributed by atoms with Crippen molar-refractivity contribution in [2.45, 2.75) is 39.2 Å². The normalized spacial score (nSPS) is 22.3. The summed E-state index contributed by atoms with van der Waals surface area (Å²) in [5, 5.41) is 9.86. The Balaban J connectivity index is 1.64. The third-order valence-electron chi connectivity index (χ3n) is 5.00. The lowest BCUT2D eigenvalue weighted by Gasteiger charge is -2.42. The largest absolute Gasteiger partial charge is 0.396 e. The lowest BCUT2D eigenvalue weighted by atomic mass is 9.77. The van der Waals surface area contributed by atoms with Gasteiger partial charge >= 0.3 is 0 Å². The van der Waals surface area contributed by atoms with Gasteiger partial charge in [0.15, 0.2) is 0 Å². The molecule has 124 valence electrons. The van der Waals surface area contributed by atoms with Gasteiger partial charge in [-0.15, -0.1) is 0 Å². The first kappa shape index (κ1) is 16.2. The number of nitrogens with zero attached hydrogens (tertiary/aromatic N) is 3. The van der Waals surface area contributed by atoms with Crippen LogP contribution in [0.1, 0.15) is 38.2 Å². The minimum atomic E-state index is 0.115. The average Bonchev–Trinajstić information content (AvgIpc) is 3.11. The Morgan fingerprint density at radius 3 is 2.74 bits per heavy atom.